The molecular formula is C30H32N2. The second kappa shape index (κ2) is 8.92. The third-order valence-electron chi connectivity index (χ3n) is 6.16. The van der Waals surface area contributed by atoms with E-state index in [1.54, 1.807) is 0 Å². The molecule has 0 saturated carbocycles. The van der Waals surface area contributed by atoms with Crippen LogP contribution in [0.1, 0.15) is 27.7 Å². The number of para-hydroxylation sites is 2. The Hall–Kier alpha value is -3.52. The van der Waals surface area contributed by atoms with Crippen molar-refractivity contribution in [1.82, 2.24) is 9.13 Å². The molecule has 0 saturated heterocycles. The van der Waals surface area contributed by atoms with E-state index in [-0.39, 0.29) is 0 Å². The molecule has 0 unspecified atom stereocenters. The highest BCUT2D eigenvalue weighted by Gasteiger charge is 2.11. The molecule has 0 spiro atoms. The number of nitrogens with zero attached hydrogens (tertiary/aromatic N) is 2. The van der Waals surface area contributed by atoms with Crippen molar-refractivity contribution in [3.63, 3.8) is 0 Å². The molecule has 0 radical (unpaired) electrons. The molecule has 2 heteroatoms. The van der Waals surface area contributed by atoms with Crippen molar-refractivity contribution < 1.29 is 0 Å². The Balaban J connectivity index is 0.000000582. The first kappa shape index (κ1) is 21.7. The Morgan fingerprint density at radius 1 is 0.406 bits per heavy atom. The van der Waals surface area contributed by atoms with Crippen molar-refractivity contribution in [2.24, 2.45) is 14.1 Å². The molecule has 0 aliphatic heterocycles. The van der Waals surface area contributed by atoms with Gasteiger partial charge in [0.15, 0.2) is 0 Å². The van der Waals surface area contributed by atoms with Gasteiger partial charge in [-0.25, -0.2) is 0 Å². The monoisotopic (exact) mass is 420 g/mol. The van der Waals surface area contributed by atoms with Crippen molar-refractivity contribution in [2.75, 3.05) is 0 Å². The number of benzene rings is 4. The summed E-state index contributed by atoms with van der Waals surface area (Å²) in [5.74, 6) is 0. The Morgan fingerprint density at radius 2 is 0.750 bits per heavy atom. The van der Waals surface area contributed by atoms with E-state index in [0.717, 1.165) is 0 Å². The molecular weight excluding hydrogens is 388 g/mol. The van der Waals surface area contributed by atoms with Crippen molar-refractivity contribution in [1.29, 1.82) is 0 Å². The Bertz CT molecular complexity index is 1410. The van der Waals surface area contributed by atoms with E-state index in [1.165, 1.54) is 54.7 Å². The van der Waals surface area contributed by atoms with Gasteiger partial charge < -0.3 is 9.13 Å². The first-order valence-corrected chi connectivity index (χ1v) is 11.7. The van der Waals surface area contributed by atoms with Gasteiger partial charge in [-0.2, -0.15) is 0 Å². The van der Waals surface area contributed by atoms with Gasteiger partial charge in [-0.1, -0.05) is 76.2 Å². The fourth-order valence-electron chi connectivity index (χ4n) is 4.69. The molecule has 0 bridgehead atoms. The number of fused-ring (bicyclic) bond motifs is 6. The molecule has 0 aliphatic carbocycles. The molecule has 4 aromatic carbocycles. The summed E-state index contributed by atoms with van der Waals surface area (Å²) in [7, 11) is 4.29. The average molecular weight is 421 g/mol. The fourth-order valence-corrected chi connectivity index (χ4v) is 4.69. The Kier molecular flexibility index (Phi) is 6.05. The molecule has 6 aromatic rings. The number of aromatic nitrogens is 2. The van der Waals surface area contributed by atoms with Crippen LogP contribution in [-0.4, -0.2) is 9.13 Å². The molecule has 0 fully saturated rings. The van der Waals surface area contributed by atoms with Crippen molar-refractivity contribution >= 4 is 43.6 Å². The van der Waals surface area contributed by atoms with Crippen LogP contribution in [0.2, 0.25) is 0 Å². The minimum Gasteiger partial charge on any atom is -0.344 e. The van der Waals surface area contributed by atoms with Gasteiger partial charge >= 0.3 is 0 Å². The average Bonchev–Trinajstić information content (AvgIpc) is 3.33. The third-order valence-corrected chi connectivity index (χ3v) is 6.16. The SMILES string of the molecule is CC.CC.Cn1c2ccccc2c2cc(-c3ccc4c(c3)c3ccccc3n4C)ccc21. The van der Waals surface area contributed by atoms with Crippen LogP contribution < -0.4 is 0 Å². The van der Waals surface area contributed by atoms with Crippen molar-refractivity contribution in [2.45, 2.75) is 27.7 Å². The minimum atomic E-state index is 1.26. The lowest BCUT2D eigenvalue weighted by Gasteiger charge is -2.05. The van der Waals surface area contributed by atoms with Crippen LogP contribution in [0, 0.1) is 0 Å². The van der Waals surface area contributed by atoms with Crippen LogP contribution in [0.4, 0.5) is 0 Å². The summed E-state index contributed by atoms with van der Waals surface area (Å²) >= 11 is 0. The third kappa shape index (κ3) is 3.27. The van der Waals surface area contributed by atoms with Gasteiger partial charge in [-0.05, 0) is 47.5 Å². The molecule has 2 nitrogen and oxygen atoms in total. The molecule has 0 atom stereocenters. The molecule has 2 aromatic heterocycles. The summed E-state index contributed by atoms with van der Waals surface area (Å²) in [5.41, 5.74) is 7.63. The van der Waals surface area contributed by atoms with Crippen LogP contribution in [0.25, 0.3) is 54.7 Å². The normalized spacial score (nSPS) is 10.8. The van der Waals surface area contributed by atoms with Crippen molar-refractivity contribution in [3.8, 4) is 11.1 Å². The quantitative estimate of drug-likeness (QED) is 0.252. The summed E-state index contributed by atoms with van der Waals surface area (Å²) in [6, 6.07) is 30.9. The number of rotatable bonds is 1. The van der Waals surface area contributed by atoms with Gasteiger partial charge in [0.1, 0.15) is 0 Å². The minimum absolute atomic E-state index is 1.26. The van der Waals surface area contributed by atoms with E-state index in [9.17, 15) is 0 Å². The summed E-state index contributed by atoms with van der Waals surface area (Å²) in [5, 5.41) is 5.25. The first-order valence-electron chi connectivity index (χ1n) is 11.7. The summed E-state index contributed by atoms with van der Waals surface area (Å²) in [4.78, 5) is 0. The lowest BCUT2D eigenvalue weighted by molar-refractivity contribution is 1.01. The molecule has 6 rings (SSSR count). The maximum absolute atomic E-state index is 2.34. The Labute approximate surface area is 190 Å². The summed E-state index contributed by atoms with van der Waals surface area (Å²) in [6.07, 6.45) is 0. The molecule has 0 N–H and O–H groups in total. The van der Waals surface area contributed by atoms with E-state index in [4.69, 9.17) is 0 Å². The van der Waals surface area contributed by atoms with Gasteiger partial charge in [-0.3, -0.25) is 0 Å². The fraction of sp³-hybridized carbons (Fsp3) is 0.200. The largest absolute Gasteiger partial charge is 0.344 e. The lowest BCUT2D eigenvalue weighted by atomic mass is 10.0. The van der Waals surface area contributed by atoms with Gasteiger partial charge in [0.25, 0.3) is 0 Å². The standard InChI is InChI=1S/C26H20N2.2C2H6/c1-27-23-9-5-3-7-19(23)21-15-17(11-13-25(21)27)18-12-14-26-22(16-18)20-8-4-6-10-24(20)28(26)2;2*1-2/h3-16H,1-2H3;2*1-2H3. The number of aryl methyl sites for hydroxylation is 2. The maximum Gasteiger partial charge on any atom is 0.0489 e. The van der Waals surface area contributed by atoms with E-state index in [0.29, 0.717) is 0 Å². The zero-order valence-electron chi connectivity index (χ0n) is 20.0. The van der Waals surface area contributed by atoms with Gasteiger partial charge in [-0.15, -0.1) is 0 Å². The van der Waals surface area contributed by atoms with Crippen molar-refractivity contribution in [3.05, 3.63) is 84.9 Å². The van der Waals surface area contributed by atoms with Gasteiger partial charge in [0.05, 0.1) is 0 Å². The number of hydrogen-bond donors (Lipinski definition) is 0. The zero-order chi connectivity index (χ0) is 22.8. The van der Waals surface area contributed by atoms with E-state index in [1.807, 2.05) is 27.7 Å². The number of hydrogen-bond acceptors (Lipinski definition) is 0. The Morgan fingerprint density at radius 3 is 1.16 bits per heavy atom. The van der Waals surface area contributed by atoms with Gasteiger partial charge in [0, 0.05) is 57.7 Å². The van der Waals surface area contributed by atoms with Crippen LogP contribution in [-0.2, 0) is 14.1 Å². The topological polar surface area (TPSA) is 9.86 Å². The van der Waals surface area contributed by atoms with Crippen LogP contribution >= 0.6 is 0 Å². The van der Waals surface area contributed by atoms with E-state index >= 15 is 0 Å². The smallest absolute Gasteiger partial charge is 0.0489 e. The maximum atomic E-state index is 2.34. The molecule has 0 amide bonds. The highest BCUT2D eigenvalue weighted by atomic mass is 14.9. The molecule has 2 heterocycles. The molecule has 0 aliphatic rings. The summed E-state index contributed by atoms with van der Waals surface area (Å²) < 4.78 is 4.56. The predicted octanol–water partition coefficient (Wildman–Crippen LogP) is 8.70. The molecule has 162 valence electrons. The highest BCUT2D eigenvalue weighted by Crippen LogP contribution is 2.35. The zero-order valence-corrected chi connectivity index (χ0v) is 20.0. The highest BCUT2D eigenvalue weighted by molar-refractivity contribution is 6.11. The lowest BCUT2D eigenvalue weighted by Crippen LogP contribution is -1.87. The van der Waals surface area contributed by atoms with Crippen LogP contribution in [0.5, 0.6) is 0 Å². The first-order chi connectivity index (χ1) is 15.7. The van der Waals surface area contributed by atoms with Crippen LogP contribution in [0.3, 0.4) is 0 Å². The second-order valence-electron chi connectivity index (χ2n) is 7.62. The van der Waals surface area contributed by atoms with Gasteiger partial charge in [0.2, 0.25) is 0 Å². The predicted molar refractivity (Wildman–Crippen MR) is 143 cm³/mol. The van der Waals surface area contributed by atoms with E-state index in [2.05, 4.69) is 108 Å². The molecule has 32 heavy (non-hydrogen) atoms. The van der Waals surface area contributed by atoms with Crippen LogP contribution in [0.15, 0.2) is 84.9 Å². The summed E-state index contributed by atoms with van der Waals surface area (Å²) in [6.45, 7) is 8.00. The van der Waals surface area contributed by atoms with E-state index < -0.39 is 0 Å². The second-order valence-corrected chi connectivity index (χ2v) is 7.62.